The molecule has 7 nitrogen and oxygen atoms in total. The second-order valence-corrected chi connectivity index (χ2v) is 5.26. The van der Waals surface area contributed by atoms with Gasteiger partial charge in [-0.15, -0.1) is 0 Å². The second-order valence-electron chi connectivity index (χ2n) is 5.26. The number of esters is 1. The van der Waals surface area contributed by atoms with Crippen LogP contribution in [0.5, 0.6) is 5.88 Å². The zero-order valence-corrected chi connectivity index (χ0v) is 13.5. The first-order chi connectivity index (χ1) is 11.2. The lowest BCUT2D eigenvalue weighted by Crippen LogP contribution is -2.48. The van der Waals surface area contributed by atoms with Gasteiger partial charge in [0.1, 0.15) is 12.6 Å². The Hall–Kier alpha value is -2.15. The largest absolute Gasteiger partial charge is 0.475 e. The molecule has 1 aromatic rings. The average molecular weight is 322 g/mol. The number of hydrogen-bond donors (Lipinski definition) is 0. The van der Waals surface area contributed by atoms with E-state index in [1.807, 2.05) is 0 Å². The van der Waals surface area contributed by atoms with Crippen LogP contribution in [0.15, 0.2) is 18.3 Å². The van der Waals surface area contributed by atoms with E-state index in [1.54, 1.807) is 24.1 Å². The SMILES string of the molecule is COCCOc1cc(C(=O)N2CCCC[C@@H]2C(=O)OC)ccn1. The Balaban J connectivity index is 2.11. The molecule has 1 atom stereocenters. The summed E-state index contributed by atoms with van der Waals surface area (Å²) in [5.41, 5.74) is 0.447. The molecule has 1 amide bonds. The molecule has 0 N–H and O–H groups in total. The maximum atomic E-state index is 12.7. The van der Waals surface area contributed by atoms with Crippen LogP contribution in [0.2, 0.25) is 0 Å². The van der Waals surface area contributed by atoms with E-state index in [0.29, 0.717) is 37.6 Å². The van der Waals surface area contributed by atoms with Crippen molar-refractivity contribution in [3.8, 4) is 5.88 Å². The molecular weight excluding hydrogens is 300 g/mol. The normalized spacial score (nSPS) is 17.7. The molecule has 1 fully saturated rings. The van der Waals surface area contributed by atoms with Gasteiger partial charge in [0.25, 0.3) is 5.91 Å². The predicted molar refractivity (Wildman–Crippen MR) is 82.3 cm³/mol. The molecule has 126 valence electrons. The summed E-state index contributed by atoms with van der Waals surface area (Å²) in [5, 5.41) is 0. The number of methoxy groups -OCH3 is 2. The van der Waals surface area contributed by atoms with Gasteiger partial charge in [-0.3, -0.25) is 4.79 Å². The fourth-order valence-corrected chi connectivity index (χ4v) is 2.57. The molecule has 0 bridgehead atoms. The first kappa shape index (κ1) is 17.2. The van der Waals surface area contributed by atoms with Crippen molar-refractivity contribution in [2.45, 2.75) is 25.3 Å². The molecule has 7 heteroatoms. The number of hydrogen-bond acceptors (Lipinski definition) is 6. The van der Waals surface area contributed by atoms with E-state index in [9.17, 15) is 9.59 Å². The van der Waals surface area contributed by atoms with Gasteiger partial charge in [-0.2, -0.15) is 0 Å². The van der Waals surface area contributed by atoms with E-state index < -0.39 is 6.04 Å². The van der Waals surface area contributed by atoms with E-state index in [4.69, 9.17) is 14.2 Å². The summed E-state index contributed by atoms with van der Waals surface area (Å²) in [6.45, 7) is 1.34. The van der Waals surface area contributed by atoms with Crippen molar-refractivity contribution in [3.05, 3.63) is 23.9 Å². The molecule has 0 radical (unpaired) electrons. The van der Waals surface area contributed by atoms with E-state index in [2.05, 4.69) is 4.98 Å². The molecule has 2 rings (SSSR count). The number of piperidine rings is 1. The van der Waals surface area contributed by atoms with E-state index in [1.165, 1.54) is 13.3 Å². The van der Waals surface area contributed by atoms with Crippen molar-refractivity contribution < 1.29 is 23.8 Å². The van der Waals surface area contributed by atoms with Crippen LogP contribution in [0.4, 0.5) is 0 Å². The van der Waals surface area contributed by atoms with Gasteiger partial charge in [-0.05, 0) is 25.3 Å². The zero-order valence-electron chi connectivity index (χ0n) is 13.5. The maximum Gasteiger partial charge on any atom is 0.328 e. The zero-order chi connectivity index (χ0) is 16.7. The maximum absolute atomic E-state index is 12.7. The van der Waals surface area contributed by atoms with Gasteiger partial charge in [0.05, 0.1) is 13.7 Å². The molecule has 0 unspecified atom stereocenters. The van der Waals surface area contributed by atoms with Crippen molar-refractivity contribution in [3.63, 3.8) is 0 Å². The Kier molecular flexibility index (Phi) is 6.34. The standard InChI is InChI=1S/C16H22N2O5/c1-21-9-10-23-14-11-12(6-7-17-14)15(19)18-8-4-3-5-13(18)16(20)22-2/h6-7,11,13H,3-5,8-10H2,1-2H3/t13-/m1/s1. The van der Waals surface area contributed by atoms with Crippen LogP contribution in [0, 0.1) is 0 Å². The van der Waals surface area contributed by atoms with Crippen molar-refractivity contribution in [2.24, 2.45) is 0 Å². The molecule has 2 heterocycles. The van der Waals surface area contributed by atoms with Crippen LogP contribution < -0.4 is 4.74 Å². The summed E-state index contributed by atoms with van der Waals surface area (Å²) in [6.07, 6.45) is 3.93. The van der Waals surface area contributed by atoms with Crippen LogP contribution in [0.3, 0.4) is 0 Å². The van der Waals surface area contributed by atoms with Gasteiger partial charge in [-0.1, -0.05) is 0 Å². The van der Waals surface area contributed by atoms with Crippen molar-refractivity contribution >= 4 is 11.9 Å². The summed E-state index contributed by atoms with van der Waals surface area (Å²) in [4.78, 5) is 30.3. The molecule has 1 aliphatic heterocycles. The minimum atomic E-state index is -0.521. The molecule has 0 aromatic carbocycles. The second kappa shape index (κ2) is 8.47. The molecule has 0 spiro atoms. The van der Waals surface area contributed by atoms with Crippen molar-refractivity contribution in [2.75, 3.05) is 34.0 Å². The molecule has 1 saturated heterocycles. The van der Waals surface area contributed by atoms with E-state index in [-0.39, 0.29) is 11.9 Å². The molecular formula is C16H22N2O5. The third kappa shape index (κ3) is 4.41. The lowest BCUT2D eigenvalue weighted by atomic mass is 10.0. The molecule has 0 aliphatic carbocycles. The van der Waals surface area contributed by atoms with Crippen LogP contribution in [-0.2, 0) is 14.3 Å². The summed E-state index contributed by atoms with van der Waals surface area (Å²) in [5.74, 6) is -0.220. The lowest BCUT2D eigenvalue weighted by molar-refractivity contribution is -0.147. The van der Waals surface area contributed by atoms with Gasteiger partial charge >= 0.3 is 5.97 Å². The average Bonchev–Trinajstić information content (AvgIpc) is 2.61. The topological polar surface area (TPSA) is 78.0 Å². The summed E-state index contributed by atoms with van der Waals surface area (Å²) in [7, 11) is 2.92. The number of nitrogens with zero attached hydrogens (tertiary/aromatic N) is 2. The third-order valence-corrected chi connectivity index (χ3v) is 3.76. The summed E-state index contributed by atoms with van der Waals surface area (Å²) < 4.78 is 15.1. The number of ether oxygens (including phenoxy) is 3. The fourth-order valence-electron chi connectivity index (χ4n) is 2.57. The Morgan fingerprint density at radius 1 is 1.30 bits per heavy atom. The van der Waals surface area contributed by atoms with Crippen molar-refractivity contribution in [1.29, 1.82) is 0 Å². The number of aromatic nitrogens is 1. The Morgan fingerprint density at radius 3 is 2.87 bits per heavy atom. The quantitative estimate of drug-likeness (QED) is 0.580. The number of likely N-dealkylation sites (tertiary alicyclic amines) is 1. The third-order valence-electron chi connectivity index (χ3n) is 3.76. The highest BCUT2D eigenvalue weighted by Gasteiger charge is 2.33. The number of amides is 1. The predicted octanol–water partition coefficient (Wildman–Crippen LogP) is 1.27. The van der Waals surface area contributed by atoms with Gasteiger partial charge in [0.2, 0.25) is 5.88 Å². The van der Waals surface area contributed by atoms with Gasteiger partial charge < -0.3 is 19.1 Å². The van der Waals surface area contributed by atoms with E-state index >= 15 is 0 Å². The van der Waals surface area contributed by atoms with Gasteiger partial charge in [-0.25, -0.2) is 9.78 Å². The first-order valence-electron chi connectivity index (χ1n) is 7.64. The molecule has 23 heavy (non-hydrogen) atoms. The van der Waals surface area contributed by atoms with Gasteiger partial charge in [0, 0.05) is 31.5 Å². The number of pyridine rings is 1. The molecule has 1 aromatic heterocycles. The van der Waals surface area contributed by atoms with Crippen LogP contribution in [-0.4, -0.2) is 61.8 Å². The minimum absolute atomic E-state index is 0.209. The highest BCUT2D eigenvalue weighted by molar-refractivity contribution is 5.97. The summed E-state index contributed by atoms with van der Waals surface area (Å²) in [6, 6.07) is 2.68. The first-order valence-corrected chi connectivity index (χ1v) is 7.64. The lowest BCUT2D eigenvalue weighted by Gasteiger charge is -2.33. The Labute approximate surface area is 135 Å². The van der Waals surface area contributed by atoms with Crippen molar-refractivity contribution in [1.82, 2.24) is 9.88 Å². The van der Waals surface area contributed by atoms with Crippen LogP contribution >= 0.6 is 0 Å². The number of carbonyl (C=O) groups is 2. The minimum Gasteiger partial charge on any atom is -0.475 e. The summed E-state index contributed by atoms with van der Waals surface area (Å²) >= 11 is 0. The highest BCUT2D eigenvalue weighted by Crippen LogP contribution is 2.21. The highest BCUT2D eigenvalue weighted by atomic mass is 16.5. The fraction of sp³-hybridized carbons (Fsp3) is 0.562. The Morgan fingerprint density at radius 2 is 2.13 bits per heavy atom. The monoisotopic (exact) mass is 322 g/mol. The molecule has 1 aliphatic rings. The van der Waals surface area contributed by atoms with Crippen LogP contribution in [0.1, 0.15) is 29.6 Å². The van der Waals surface area contributed by atoms with Gasteiger partial charge in [0.15, 0.2) is 0 Å². The number of carbonyl (C=O) groups excluding carboxylic acids is 2. The Bertz CT molecular complexity index is 549. The number of rotatable bonds is 6. The van der Waals surface area contributed by atoms with Crippen LogP contribution in [0.25, 0.3) is 0 Å². The molecule has 0 saturated carbocycles. The van der Waals surface area contributed by atoms with E-state index in [0.717, 1.165) is 12.8 Å². The smallest absolute Gasteiger partial charge is 0.328 e.